The Labute approximate surface area is 56.7 Å². The van der Waals surface area contributed by atoms with E-state index in [4.69, 9.17) is 5.11 Å². The van der Waals surface area contributed by atoms with Gasteiger partial charge in [0, 0.05) is 0 Å². The third kappa shape index (κ3) is 5.31. The van der Waals surface area contributed by atoms with Crippen molar-refractivity contribution < 1.29 is 5.11 Å². The second-order valence-corrected chi connectivity index (χ2v) is 1.89. The van der Waals surface area contributed by atoms with E-state index >= 15 is 0 Å². The molecule has 0 spiro atoms. The molecule has 1 nitrogen and oxygen atoms in total. The van der Waals surface area contributed by atoms with Gasteiger partial charge in [-0.1, -0.05) is 31.2 Å². The highest BCUT2D eigenvalue weighted by atomic mass is 16.3. The summed E-state index contributed by atoms with van der Waals surface area (Å²) in [6.07, 6.45) is 7.97. The maximum atomic E-state index is 8.96. The molecule has 1 unspecified atom stereocenters. The van der Waals surface area contributed by atoms with Gasteiger partial charge in [0.05, 0.1) is 6.10 Å². The molecule has 0 aliphatic heterocycles. The first-order valence-corrected chi connectivity index (χ1v) is 3.28. The van der Waals surface area contributed by atoms with Crippen LogP contribution in [-0.4, -0.2) is 11.2 Å². The van der Waals surface area contributed by atoms with Crippen molar-refractivity contribution in [3.8, 4) is 0 Å². The normalized spacial score (nSPS) is 15.4. The molecule has 0 saturated carbocycles. The van der Waals surface area contributed by atoms with Crippen LogP contribution in [0.1, 0.15) is 20.3 Å². The van der Waals surface area contributed by atoms with Crippen molar-refractivity contribution in [1.29, 1.82) is 0 Å². The third-order valence-electron chi connectivity index (χ3n) is 1.06. The lowest BCUT2D eigenvalue weighted by Gasteiger charge is -1.95. The van der Waals surface area contributed by atoms with Crippen LogP contribution in [-0.2, 0) is 0 Å². The number of rotatable bonds is 3. The Balaban J connectivity index is 3.43. The van der Waals surface area contributed by atoms with Gasteiger partial charge < -0.3 is 5.11 Å². The minimum absolute atomic E-state index is 0.277. The summed E-state index contributed by atoms with van der Waals surface area (Å²) in [4.78, 5) is 0. The molecule has 1 N–H and O–H groups in total. The molecule has 0 radical (unpaired) electrons. The van der Waals surface area contributed by atoms with Gasteiger partial charge >= 0.3 is 0 Å². The lowest BCUT2D eigenvalue weighted by Crippen LogP contribution is -1.97. The number of hydrogen-bond acceptors (Lipinski definition) is 1. The smallest absolute Gasteiger partial charge is 0.0721 e. The van der Waals surface area contributed by atoms with E-state index < -0.39 is 0 Å². The van der Waals surface area contributed by atoms with E-state index in [1.54, 1.807) is 6.08 Å². The van der Waals surface area contributed by atoms with E-state index in [0.717, 1.165) is 6.42 Å². The average molecular weight is 126 g/mol. The van der Waals surface area contributed by atoms with Crippen molar-refractivity contribution in [2.24, 2.45) is 0 Å². The Morgan fingerprint density at radius 2 is 2.11 bits per heavy atom. The minimum Gasteiger partial charge on any atom is -0.389 e. The highest BCUT2D eigenvalue weighted by Crippen LogP contribution is 1.91. The maximum Gasteiger partial charge on any atom is 0.0721 e. The van der Waals surface area contributed by atoms with Gasteiger partial charge in [-0.05, 0) is 13.3 Å². The first-order valence-electron chi connectivity index (χ1n) is 3.28. The lowest BCUT2D eigenvalue weighted by atomic mass is 10.2. The van der Waals surface area contributed by atoms with Gasteiger partial charge in [-0.25, -0.2) is 0 Å². The number of allylic oxidation sites excluding steroid dienone is 3. The van der Waals surface area contributed by atoms with Crippen LogP contribution in [0.4, 0.5) is 0 Å². The largest absolute Gasteiger partial charge is 0.389 e. The molecule has 0 bridgehead atoms. The summed E-state index contributed by atoms with van der Waals surface area (Å²) in [6, 6.07) is 0. The molecule has 0 aromatic carbocycles. The topological polar surface area (TPSA) is 20.2 Å². The van der Waals surface area contributed by atoms with Gasteiger partial charge in [0.15, 0.2) is 0 Å². The second-order valence-electron chi connectivity index (χ2n) is 1.89. The second kappa shape index (κ2) is 5.57. The standard InChI is InChI=1S/C8H14O/c1-3-5-6-7-8(9)4-2/h3,5-9H,4H2,1-2H3/b5-3+,7-6-. The van der Waals surface area contributed by atoms with Gasteiger partial charge in [0.2, 0.25) is 0 Å². The zero-order valence-electron chi connectivity index (χ0n) is 6.04. The fourth-order valence-electron chi connectivity index (χ4n) is 0.440. The van der Waals surface area contributed by atoms with Gasteiger partial charge in [-0.3, -0.25) is 0 Å². The van der Waals surface area contributed by atoms with E-state index in [1.807, 2.05) is 32.1 Å². The summed E-state index contributed by atoms with van der Waals surface area (Å²) in [5, 5.41) is 8.96. The SMILES string of the molecule is C/C=C/C=C\C(O)CC. The van der Waals surface area contributed by atoms with Crippen LogP contribution in [0.15, 0.2) is 24.3 Å². The van der Waals surface area contributed by atoms with E-state index in [0.29, 0.717) is 0 Å². The molecule has 0 aliphatic carbocycles. The Morgan fingerprint density at radius 3 is 2.56 bits per heavy atom. The molecule has 0 aromatic heterocycles. The van der Waals surface area contributed by atoms with E-state index in [-0.39, 0.29) is 6.10 Å². The molecule has 0 amide bonds. The van der Waals surface area contributed by atoms with Crippen LogP contribution in [0.2, 0.25) is 0 Å². The zero-order chi connectivity index (χ0) is 7.11. The fraction of sp³-hybridized carbons (Fsp3) is 0.500. The van der Waals surface area contributed by atoms with E-state index in [1.165, 1.54) is 0 Å². The molecule has 0 aromatic rings. The summed E-state index contributed by atoms with van der Waals surface area (Å²) in [5.41, 5.74) is 0. The van der Waals surface area contributed by atoms with Crippen LogP contribution in [0.3, 0.4) is 0 Å². The quantitative estimate of drug-likeness (QED) is 0.572. The summed E-state index contributed by atoms with van der Waals surface area (Å²) in [5.74, 6) is 0. The fourth-order valence-corrected chi connectivity index (χ4v) is 0.440. The zero-order valence-corrected chi connectivity index (χ0v) is 6.04. The molecule has 9 heavy (non-hydrogen) atoms. The molecule has 52 valence electrons. The summed E-state index contributed by atoms with van der Waals surface area (Å²) < 4.78 is 0. The Bertz CT molecular complexity index is 103. The Morgan fingerprint density at radius 1 is 1.44 bits per heavy atom. The maximum absolute atomic E-state index is 8.96. The Kier molecular flexibility index (Phi) is 5.23. The van der Waals surface area contributed by atoms with Gasteiger partial charge in [0.1, 0.15) is 0 Å². The third-order valence-corrected chi connectivity index (χ3v) is 1.06. The van der Waals surface area contributed by atoms with Crippen molar-refractivity contribution in [1.82, 2.24) is 0 Å². The molecule has 0 fully saturated rings. The number of aliphatic hydroxyl groups is 1. The van der Waals surface area contributed by atoms with Gasteiger partial charge in [-0.2, -0.15) is 0 Å². The summed E-state index contributed by atoms with van der Waals surface area (Å²) in [6.45, 7) is 3.90. The van der Waals surface area contributed by atoms with E-state index in [2.05, 4.69) is 0 Å². The molecular weight excluding hydrogens is 112 g/mol. The highest BCUT2D eigenvalue weighted by Gasteiger charge is 1.88. The van der Waals surface area contributed by atoms with Gasteiger partial charge in [-0.15, -0.1) is 0 Å². The minimum atomic E-state index is -0.277. The molecular formula is C8H14O. The van der Waals surface area contributed by atoms with Gasteiger partial charge in [0.25, 0.3) is 0 Å². The molecule has 0 rings (SSSR count). The molecule has 1 atom stereocenters. The molecule has 0 aliphatic rings. The predicted molar refractivity (Wildman–Crippen MR) is 40.3 cm³/mol. The highest BCUT2D eigenvalue weighted by molar-refractivity contribution is 5.03. The predicted octanol–water partition coefficient (Wildman–Crippen LogP) is 1.89. The van der Waals surface area contributed by atoms with E-state index in [9.17, 15) is 0 Å². The number of hydrogen-bond donors (Lipinski definition) is 1. The van der Waals surface area contributed by atoms with Crippen LogP contribution in [0.5, 0.6) is 0 Å². The first kappa shape index (κ1) is 8.44. The lowest BCUT2D eigenvalue weighted by molar-refractivity contribution is 0.219. The first-order chi connectivity index (χ1) is 4.31. The molecule has 0 heterocycles. The summed E-state index contributed by atoms with van der Waals surface area (Å²) >= 11 is 0. The van der Waals surface area contributed by atoms with Crippen LogP contribution in [0.25, 0.3) is 0 Å². The van der Waals surface area contributed by atoms with Crippen LogP contribution >= 0.6 is 0 Å². The van der Waals surface area contributed by atoms with Crippen molar-refractivity contribution in [3.63, 3.8) is 0 Å². The summed E-state index contributed by atoms with van der Waals surface area (Å²) in [7, 11) is 0. The molecule has 1 heteroatoms. The van der Waals surface area contributed by atoms with Crippen molar-refractivity contribution in [3.05, 3.63) is 24.3 Å². The van der Waals surface area contributed by atoms with Crippen LogP contribution in [0, 0.1) is 0 Å². The monoisotopic (exact) mass is 126 g/mol. The Hall–Kier alpha value is -0.560. The average Bonchev–Trinajstić information content (AvgIpc) is 1.89. The van der Waals surface area contributed by atoms with Crippen LogP contribution < -0.4 is 0 Å². The van der Waals surface area contributed by atoms with Crippen molar-refractivity contribution in [2.75, 3.05) is 0 Å². The number of aliphatic hydroxyl groups excluding tert-OH is 1. The van der Waals surface area contributed by atoms with Crippen molar-refractivity contribution in [2.45, 2.75) is 26.4 Å². The van der Waals surface area contributed by atoms with Crippen molar-refractivity contribution >= 4 is 0 Å². The molecule has 0 saturated heterocycles.